The van der Waals surface area contributed by atoms with E-state index in [-0.39, 0.29) is 5.91 Å². The van der Waals surface area contributed by atoms with Crippen molar-refractivity contribution < 1.29 is 4.79 Å². The summed E-state index contributed by atoms with van der Waals surface area (Å²) < 4.78 is 1.04. The highest BCUT2D eigenvalue weighted by Crippen LogP contribution is 2.20. The van der Waals surface area contributed by atoms with E-state index in [1.165, 1.54) is 5.56 Å². The Morgan fingerprint density at radius 2 is 1.90 bits per heavy atom. The molecule has 0 aliphatic rings. The van der Waals surface area contributed by atoms with Crippen LogP contribution in [0, 0.1) is 6.92 Å². The summed E-state index contributed by atoms with van der Waals surface area (Å²) in [7, 11) is 0. The Balaban J connectivity index is 2.09. The van der Waals surface area contributed by atoms with E-state index in [9.17, 15) is 4.79 Å². The summed E-state index contributed by atoms with van der Waals surface area (Å²) in [6.45, 7) is 2.00. The van der Waals surface area contributed by atoms with E-state index >= 15 is 0 Å². The van der Waals surface area contributed by atoms with E-state index in [4.69, 9.17) is 0 Å². The second kappa shape index (κ2) is 6.95. The zero-order valence-corrected chi connectivity index (χ0v) is 13.8. The lowest BCUT2D eigenvalue weighted by atomic mass is 10.1. The SMILES string of the molecule is CSCc1ccc(C(=O)Nc2ccc(Br)c(C)c2)cc1. The summed E-state index contributed by atoms with van der Waals surface area (Å²) in [5.74, 6) is 0.885. The smallest absolute Gasteiger partial charge is 0.255 e. The van der Waals surface area contributed by atoms with Crippen molar-refractivity contribution in [2.45, 2.75) is 12.7 Å². The van der Waals surface area contributed by atoms with Crippen molar-refractivity contribution in [1.82, 2.24) is 0 Å². The molecule has 0 aliphatic heterocycles. The van der Waals surface area contributed by atoms with Crippen LogP contribution >= 0.6 is 27.7 Å². The van der Waals surface area contributed by atoms with Crippen molar-refractivity contribution in [3.8, 4) is 0 Å². The molecule has 0 atom stereocenters. The maximum absolute atomic E-state index is 12.2. The minimum Gasteiger partial charge on any atom is -0.322 e. The molecule has 0 aromatic heterocycles. The third-order valence-corrected chi connectivity index (χ3v) is 4.45. The first-order valence-electron chi connectivity index (χ1n) is 6.25. The highest BCUT2D eigenvalue weighted by molar-refractivity contribution is 9.10. The van der Waals surface area contributed by atoms with Crippen LogP contribution in [0.2, 0.25) is 0 Å². The monoisotopic (exact) mass is 349 g/mol. The van der Waals surface area contributed by atoms with Crippen LogP contribution in [0.15, 0.2) is 46.9 Å². The molecule has 104 valence electrons. The molecule has 2 rings (SSSR count). The predicted molar refractivity (Wildman–Crippen MR) is 90.5 cm³/mol. The predicted octanol–water partition coefficient (Wildman–Crippen LogP) is 4.87. The Bertz CT molecular complexity index is 610. The van der Waals surface area contributed by atoms with Gasteiger partial charge in [-0.15, -0.1) is 0 Å². The molecule has 0 saturated carbocycles. The number of carbonyl (C=O) groups excluding carboxylic acids is 1. The lowest BCUT2D eigenvalue weighted by Gasteiger charge is -2.07. The molecule has 0 bridgehead atoms. The second-order valence-electron chi connectivity index (χ2n) is 4.55. The van der Waals surface area contributed by atoms with Crippen LogP contribution in [0.5, 0.6) is 0 Å². The number of hydrogen-bond donors (Lipinski definition) is 1. The van der Waals surface area contributed by atoms with E-state index in [2.05, 4.69) is 27.5 Å². The molecule has 0 unspecified atom stereocenters. The van der Waals surface area contributed by atoms with Crippen molar-refractivity contribution >= 4 is 39.3 Å². The molecular formula is C16H16BrNOS. The van der Waals surface area contributed by atoms with Crippen molar-refractivity contribution in [2.24, 2.45) is 0 Å². The third kappa shape index (κ3) is 3.87. The van der Waals surface area contributed by atoms with Gasteiger partial charge in [-0.25, -0.2) is 0 Å². The van der Waals surface area contributed by atoms with Crippen LogP contribution in [0.4, 0.5) is 5.69 Å². The fraction of sp³-hybridized carbons (Fsp3) is 0.188. The fourth-order valence-electron chi connectivity index (χ4n) is 1.84. The molecule has 0 spiro atoms. The van der Waals surface area contributed by atoms with Crippen LogP contribution in [-0.4, -0.2) is 12.2 Å². The van der Waals surface area contributed by atoms with Crippen LogP contribution in [0.3, 0.4) is 0 Å². The zero-order chi connectivity index (χ0) is 14.5. The number of amides is 1. The topological polar surface area (TPSA) is 29.1 Å². The van der Waals surface area contributed by atoms with Gasteiger partial charge < -0.3 is 5.32 Å². The Labute approximate surface area is 132 Å². The maximum atomic E-state index is 12.2. The molecule has 0 saturated heterocycles. The van der Waals surface area contributed by atoms with Crippen molar-refractivity contribution in [3.63, 3.8) is 0 Å². The van der Waals surface area contributed by atoms with Crippen molar-refractivity contribution in [3.05, 3.63) is 63.6 Å². The largest absolute Gasteiger partial charge is 0.322 e. The van der Waals surface area contributed by atoms with Crippen LogP contribution < -0.4 is 5.32 Å². The highest BCUT2D eigenvalue weighted by atomic mass is 79.9. The average molecular weight is 350 g/mol. The molecule has 2 aromatic carbocycles. The van der Waals surface area contributed by atoms with Gasteiger partial charge in [0, 0.05) is 21.5 Å². The lowest BCUT2D eigenvalue weighted by molar-refractivity contribution is 0.102. The molecular weight excluding hydrogens is 334 g/mol. The Kier molecular flexibility index (Phi) is 5.26. The summed E-state index contributed by atoms with van der Waals surface area (Å²) in [5, 5.41) is 2.91. The van der Waals surface area contributed by atoms with E-state index in [1.807, 2.05) is 49.4 Å². The van der Waals surface area contributed by atoms with Gasteiger partial charge in [-0.1, -0.05) is 28.1 Å². The van der Waals surface area contributed by atoms with Gasteiger partial charge in [-0.3, -0.25) is 4.79 Å². The minimum atomic E-state index is -0.0811. The summed E-state index contributed by atoms with van der Waals surface area (Å²) >= 11 is 5.22. The number of nitrogens with one attached hydrogen (secondary N) is 1. The summed E-state index contributed by atoms with van der Waals surface area (Å²) in [4.78, 5) is 12.2. The number of thioether (sulfide) groups is 1. The summed E-state index contributed by atoms with van der Waals surface area (Å²) in [6, 6.07) is 13.5. The van der Waals surface area contributed by atoms with E-state index in [1.54, 1.807) is 11.8 Å². The first-order chi connectivity index (χ1) is 9.60. The quantitative estimate of drug-likeness (QED) is 0.852. The number of aryl methyl sites for hydroxylation is 1. The number of halogens is 1. The number of rotatable bonds is 4. The van der Waals surface area contributed by atoms with Gasteiger partial charge in [0.1, 0.15) is 0 Å². The molecule has 1 N–H and O–H groups in total. The van der Waals surface area contributed by atoms with Gasteiger partial charge in [-0.2, -0.15) is 11.8 Å². The van der Waals surface area contributed by atoms with Gasteiger partial charge in [0.2, 0.25) is 0 Å². The van der Waals surface area contributed by atoms with Crippen molar-refractivity contribution in [1.29, 1.82) is 0 Å². The summed E-state index contributed by atoms with van der Waals surface area (Å²) in [6.07, 6.45) is 2.07. The van der Waals surface area contributed by atoms with Gasteiger partial charge in [-0.05, 0) is 54.6 Å². The Hall–Kier alpha value is -1.26. The second-order valence-corrected chi connectivity index (χ2v) is 6.27. The first-order valence-corrected chi connectivity index (χ1v) is 8.44. The van der Waals surface area contributed by atoms with Gasteiger partial charge in [0.25, 0.3) is 5.91 Å². The molecule has 2 nitrogen and oxygen atoms in total. The zero-order valence-electron chi connectivity index (χ0n) is 11.4. The molecule has 0 aliphatic carbocycles. The Morgan fingerprint density at radius 1 is 1.20 bits per heavy atom. The van der Waals surface area contributed by atoms with Gasteiger partial charge in [0.05, 0.1) is 0 Å². The van der Waals surface area contributed by atoms with Gasteiger partial charge in [0.15, 0.2) is 0 Å². The van der Waals surface area contributed by atoms with Crippen LogP contribution in [0.1, 0.15) is 21.5 Å². The standard InChI is InChI=1S/C16H16BrNOS/c1-11-9-14(7-8-15(11)17)18-16(19)13-5-3-12(4-6-13)10-20-2/h3-9H,10H2,1-2H3,(H,18,19). The van der Waals surface area contributed by atoms with Crippen LogP contribution in [-0.2, 0) is 5.75 Å². The highest BCUT2D eigenvalue weighted by Gasteiger charge is 2.06. The van der Waals surface area contributed by atoms with E-state index < -0.39 is 0 Å². The third-order valence-electron chi connectivity index (χ3n) is 2.94. The number of carbonyl (C=O) groups is 1. The average Bonchev–Trinajstić information content (AvgIpc) is 2.44. The maximum Gasteiger partial charge on any atom is 0.255 e. The summed E-state index contributed by atoms with van der Waals surface area (Å²) in [5.41, 5.74) is 3.81. The van der Waals surface area contributed by atoms with E-state index in [0.717, 1.165) is 21.5 Å². The number of anilines is 1. The Morgan fingerprint density at radius 3 is 2.50 bits per heavy atom. The fourth-order valence-corrected chi connectivity index (χ4v) is 2.62. The molecule has 4 heteroatoms. The van der Waals surface area contributed by atoms with Crippen LogP contribution in [0.25, 0.3) is 0 Å². The number of hydrogen-bond acceptors (Lipinski definition) is 2. The van der Waals surface area contributed by atoms with Crippen molar-refractivity contribution in [2.75, 3.05) is 11.6 Å². The van der Waals surface area contributed by atoms with Gasteiger partial charge >= 0.3 is 0 Å². The normalized spacial score (nSPS) is 10.3. The minimum absolute atomic E-state index is 0.0811. The molecule has 0 radical (unpaired) electrons. The molecule has 1 amide bonds. The lowest BCUT2D eigenvalue weighted by Crippen LogP contribution is -2.11. The van der Waals surface area contributed by atoms with E-state index in [0.29, 0.717) is 5.56 Å². The molecule has 20 heavy (non-hydrogen) atoms. The molecule has 2 aromatic rings. The molecule has 0 fully saturated rings. The molecule has 0 heterocycles. The first kappa shape index (κ1) is 15.1. The number of benzene rings is 2.